The fourth-order valence-corrected chi connectivity index (χ4v) is 2.54. The van der Waals surface area contributed by atoms with Crippen molar-refractivity contribution in [1.29, 1.82) is 0 Å². The van der Waals surface area contributed by atoms with Crippen LogP contribution in [0.3, 0.4) is 0 Å². The number of piperidine rings is 1. The normalized spacial score (nSPS) is 18.5. The van der Waals surface area contributed by atoms with Crippen molar-refractivity contribution in [2.75, 3.05) is 20.1 Å². The monoisotopic (exact) mass is 282 g/mol. The molecule has 106 valence electrons. The standard InChI is InChI=1S/C15H22N2O.ClH/c1-12-5-3-6-13(9-12)11-17(2)15(18)14-7-4-8-16-10-14;/h3,5-6,9,14,16H,4,7-8,10-11H2,1-2H3;1H/t14-;/m1./s1. The molecule has 1 heterocycles. The number of nitrogens with zero attached hydrogens (tertiary/aromatic N) is 1. The highest BCUT2D eigenvalue weighted by Crippen LogP contribution is 2.14. The summed E-state index contributed by atoms with van der Waals surface area (Å²) in [7, 11) is 1.90. The van der Waals surface area contributed by atoms with Gasteiger partial charge in [-0.05, 0) is 31.9 Å². The van der Waals surface area contributed by atoms with Crippen molar-refractivity contribution in [2.24, 2.45) is 5.92 Å². The van der Waals surface area contributed by atoms with E-state index in [1.165, 1.54) is 11.1 Å². The van der Waals surface area contributed by atoms with Crippen LogP contribution < -0.4 is 5.32 Å². The molecule has 0 radical (unpaired) electrons. The molecule has 4 heteroatoms. The van der Waals surface area contributed by atoms with Crippen LogP contribution in [0, 0.1) is 12.8 Å². The summed E-state index contributed by atoms with van der Waals surface area (Å²) in [6.07, 6.45) is 2.12. The molecule has 1 saturated heterocycles. The smallest absolute Gasteiger partial charge is 0.227 e. The Kier molecular flexibility index (Phi) is 6.32. The molecule has 1 amide bonds. The highest BCUT2D eigenvalue weighted by Gasteiger charge is 2.23. The molecule has 0 bridgehead atoms. The highest BCUT2D eigenvalue weighted by molar-refractivity contribution is 5.85. The summed E-state index contributed by atoms with van der Waals surface area (Å²) in [5.74, 6) is 0.428. The predicted octanol–water partition coefficient (Wildman–Crippen LogP) is 2.37. The molecule has 2 rings (SSSR count). The number of carbonyl (C=O) groups excluding carboxylic acids is 1. The Hall–Kier alpha value is -1.06. The van der Waals surface area contributed by atoms with Gasteiger partial charge < -0.3 is 10.2 Å². The second-order valence-corrected chi connectivity index (χ2v) is 5.23. The van der Waals surface area contributed by atoms with E-state index in [9.17, 15) is 4.79 Å². The van der Waals surface area contributed by atoms with Crippen LogP contribution in [0.4, 0.5) is 0 Å². The van der Waals surface area contributed by atoms with Gasteiger partial charge >= 0.3 is 0 Å². The van der Waals surface area contributed by atoms with Crippen molar-refractivity contribution in [3.8, 4) is 0 Å². The minimum Gasteiger partial charge on any atom is -0.341 e. The van der Waals surface area contributed by atoms with Crippen LogP contribution in [0.5, 0.6) is 0 Å². The number of hydrogen-bond acceptors (Lipinski definition) is 2. The zero-order valence-electron chi connectivity index (χ0n) is 11.7. The van der Waals surface area contributed by atoms with Crippen molar-refractivity contribution in [3.05, 3.63) is 35.4 Å². The van der Waals surface area contributed by atoms with Crippen LogP contribution in [-0.4, -0.2) is 30.9 Å². The number of halogens is 1. The van der Waals surface area contributed by atoms with Crippen LogP contribution in [0.2, 0.25) is 0 Å². The number of rotatable bonds is 3. The molecular formula is C15H23ClN2O. The molecule has 1 fully saturated rings. The first-order chi connectivity index (χ1) is 8.66. The lowest BCUT2D eigenvalue weighted by Crippen LogP contribution is -2.41. The maximum atomic E-state index is 12.3. The van der Waals surface area contributed by atoms with Gasteiger partial charge in [0.15, 0.2) is 0 Å². The van der Waals surface area contributed by atoms with Crippen LogP contribution in [0.25, 0.3) is 0 Å². The quantitative estimate of drug-likeness (QED) is 0.923. The molecule has 19 heavy (non-hydrogen) atoms. The van der Waals surface area contributed by atoms with E-state index in [2.05, 4.69) is 30.4 Å². The van der Waals surface area contributed by atoms with Gasteiger partial charge in [0.05, 0.1) is 5.92 Å². The van der Waals surface area contributed by atoms with Gasteiger partial charge in [-0.15, -0.1) is 12.4 Å². The molecule has 0 aliphatic carbocycles. The van der Waals surface area contributed by atoms with E-state index < -0.39 is 0 Å². The number of amides is 1. The van der Waals surface area contributed by atoms with Crippen molar-refractivity contribution < 1.29 is 4.79 Å². The average molecular weight is 283 g/mol. The van der Waals surface area contributed by atoms with Gasteiger partial charge in [-0.1, -0.05) is 29.8 Å². The Bertz CT molecular complexity index is 416. The summed E-state index contributed by atoms with van der Waals surface area (Å²) in [6, 6.07) is 8.35. The van der Waals surface area contributed by atoms with Gasteiger partial charge in [-0.3, -0.25) is 4.79 Å². The molecule has 3 nitrogen and oxygen atoms in total. The summed E-state index contributed by atoms with van der Waals surface area (Å²) in [5.41, 5.74) is 2.45. The van der Waals surface area contributed by atoms with Crippen molar-refractivity contribution in [2.45, 2.75) is 26.3 Å². The lowest BCUT2D eigenvalue weighted by Gasteiger charge is -2.27. The Labute approximate surface area is 121 Å². The fraction of sp³-hybridized carbons (Fsp3) is 0.533. The van der Waals surface area contributed by atoms with Crippen LogP contribution in [-0.2, 0) is 11.3 Å². The molecule has 1 aliphatic rings. The lowest BCUT2D eigenvalue weighted by atomic mass is 9.98. The Morgan fingerprint density at radius 3 is 2.89 bits per heavy atom. The van der Waals surface area contributed by atoms with Gasteiger partial charge in [0.2, 0.25) is 5.91 Å². The third kappa shape index (κ3) is 4.51. The molecule has 0 unspecified atom stereocenters. The first-order valence-corrected chi connectivity index (χ1v) is 6.68. The first kappa shape index (κ1) is 16.0. The molecule has 1 aliphatic heterocycles. The molecule has 0 spiro atoms. The largest absolute Gasteiger partial charge is 0.341 e. The molecule has 1 aromatic carbocycles. The van der Waals surface area contributed by atoms with E-state index in [-0.39, 0.29) is 24.2 Å². The van der Waals surface area contributed by atoms with Crippen LogP contribution in [0.1, 0.15) is 24.0 Å². The molecule has 0 saturated carbocycles. The second-order valence-electron chi connectivity index (χ2n) is 5.23. The Morgan fingerprint density at radius 2 is 2.26 bits per heavy atom. The van der Waals surface area contributed by atoms with Crippen molar-refractivity contribution in [3.63, 3.8) is 0 Å². The number of hydrogen-bond donors (Lipinski definition) is 1. The van der Waals surface area contributed by atoms with Gasteiger partial charge in [0.1, 0.15) is 0 Å². The molecule has 1 atom stereocenters. The van der Waals surface area contributed by atoms with E-state index in [1.807, 2.05) is 18.0 Å². The highest BCUT2D eigenvalue weighted by atomic mass is 35.5. The van der Waals surface area contributed by atoms with Crippen LogP contribution >= 0.6 is 12.4 Å². The summed E-state index contributed by atoms with van der Waals surface area (Å²) in [4.78, 5) is 14.1. The molecule has 0 aromatic heterocycles. The topological polar surface area (TPSA) is 32.3 Å². The van der Waals surface area contributed by atoms with Crippen molar-refractivity contribution >= 4 is 18.3 Å². The third-order valence-corrected chi connectivity index (χ3v) is 3.52. The zero-order valence-corrected chi connectivity index (χ0v) is 12.5. The van der Waals surface area contributed by atoms with Crippen LogP contribution in [0.15, 0.2) is 24.3 Å². The summed E-state index contributed by atoms with van der Waals surface area (Å²) in [5, 5.41) is 3.30. The van der Waals surface area contributed by atoms with E-state index in [0.717, 1.165) is 25.9 Å². The summed E-state index contributed by atoms with van der Waals surface area (Å²) >= 11 is 0. The van der Waals surface area contributed by atoms with Crippen molar-refractivity contribution in [1.82, 2.24) is 10.2 Å². The maximum absolute atomic E-state index is 12.3. The van der Waals surface area contributed by atoms with Gasteiger partial charge in [0.25, 0.3) is 0 Å². The van der Waals surface area contributed by atoms with Gasteiger partial charge in [0, 0.05) is 20.1 Å². The Balaban J connectivity index is 0.00000180. The average Bonchev–Trinajstić information content (AvgIpc) is 2.39. The second kappa shape index (κ2) is 7.51. The SMILES string of the molecule is Cc1cccc(CN(C)C(=O)[C@@H]2CCCNC2)c1.Cl. The number of nitrogens with one attached hydrogen (secondary N) is 1. The number of aryl methyl sites for hydroxylation is 1. The fourth-order valence-electron chi connectivity index (χ4n) is 2.54. The third-order valence-electron chi connectivity index (χ3n) is 3.52. The minimum absolute atomic E-state index is 0. The van der Waals surface area contributed by atoms with E-state index in [4.69, 9.17) is 0 Å². The van der Waals surface area contributed by atoms with Gasteiger partial charge in [-0.25, -0.2) is 0 Å². The van der Waals surface area contributed by atoms with Gasteiger partial charge in [-0.2, -0.15) is 0 Å². The lowest BCUT2D eigenvalue weighted by molar-refractivity contribution is -0.135. The zero-order chi connectivity index (χ0) is 13.0. The number of carbonyl (C=O) groups is 1. The van der Waals surface area contributed by atoms with E-state index in [0.29, 0.717) is 6.54 Å². The number of benzene rings is 1. The summed E-state index contributed by atoms with van der Waals surface area (Å²) < 4.78 is 0. The maximum Gasteiger partial charge on any atom is 0.227 e. The molecule has 1 N–H and O–H groups in total. The first-order valence-electron chi connectivity index (χ1n) is 6.68. The summed E-state index contributed by atoms with van der Waals surface area (Å²) in [6.45, 7) is 4.66. The van der Waals surface area contributed by atoms with E-state index in [1.54, 1.807) is 0 Å². The predicted molar refractivity (Wildman–Crippen MR) is 80.5 cm³/mol. The molecular weight excluding hydrogens is 260 g/mol. The van der Waals surface area contributed by atoms with E-state index >= 15 is 0 Å². The Morgan fingerprint density at radius 1 is 1.47 bits per heavy atom. The molecule has 1 aromatic rings. The minimum atomic E-state index is 0.